The van der Waals surface area contributed by atoms with Crippen LogP contribution in [0.25, 0.3) is 0 Å². The summed E-state index contributed by atoms with van der Waals surface area (Å²) in [7, 11) is 0. The zero-order chi connectivity index (χ0) is 17.5. The second kappa shape index (κ2) is 8.27. The van der Waals surface area contributed by atoms with E-state index in [-0.39, 0.29) is 17.6 Å². The summed E-state index contributed by atoms with van der Waals surface area (Å²) in [4.78, 5) is 12.6. The van der Waals surface area contributed by atoms with Crippen molar-refractivity contribution in [3.05, 3.63) is 102 Å². The molecule has 0 saturated carbocycles. The maximum absolute atomic E-state index is 12.6. The lowest BCUT2D eigenvalue weighted by atomic mass is 9.97. The number of phenolic OH excluding ortho intramolecular Hbond substituents is 1. The molecule has 1 atom stereocenters. The number of hydrogen-bond acceptors (Lipinski definition) is 3. The Morgan fingerprint density at radius 3 is 2.08 bits per heavy atom. The smallest absolute Gasteiger partial charge is 0.164 e. The number of hydrogen-bond donors (Lipinski definition) is 2. The average Bonchev–Trinajstić information content (AvgIpc) is 2.67. The number of carbonyl (C=O) groups excluding carboxylic acids is 1. The van der Waals surface area contributed by atoms with E-state index in [1.165, 1.54) is 5.56 Å². The Hall–Kier alpha value is -2.91. The molecule has 3 aromatic carbocycles. The molecule has 2 N–H and O–H groups in total. The molecule has 0 aliphatic carbocycles. The summed E-state index contributed by atoms with van der Waals surface area (Å²) in [5.74, 6) is 0.216. The highest BCUT2D eigenvalue weighted by Gasteiger charge is 2.17. The lowest BCUT2D eigenvalue weighted by molar-refractivity contribution is 0.0968. The average molecular weight is 331 g/mol. The van der Waals surface area contributed by atoms with Crippen molar-refractivity contribution in [2.24, 2.45) is 0 Å². The summed E-state index contributed by atoms with van der Waals surface area (Å²) in [6, 6.07) is 26.5. The molecule has 0 amide bonds. The first-order valence-corrected chi connectivity index (χ1v) is 8.37. The van der Waals surface area contributed by atoms with E-state index in [1.54, 1.807) is 24.3 Å². The fourth-order valence-electron chi connectivity index (χ4n) is 2.78. The molecule has 3 rings (SSSR count). The molecule has 0 bridgehead atoms. The van der Waals surface area contributed by atoms with Gasteiger partial charge in [-0.1, -0.05) is 60.7 Å². The van der Waals surface area contributed by atoms with Gasteiger partial charge in [0.2, 0.25) is 0 Å². The van der Waals surface area contributed by atoms with Crippen LogP contribution in [0.1, 0.15) is 33.9 Å². The number of Topliss-reactive ketones (excluding diaryl/α,β-unsaturated/α-hetero) is 1. The first-order chi connectivity index (χ1) is 12.2. The summed E-state index contributed by atoms with van der Waals surface area (Å²) in [5.41, 5.74) is 2.88. The highest BCUT2D eigenvalue weighted by molar-refractivity contribution is 5.96. The van der Waals surface area contributed by atoms with Crippen LogP contribution in [0, 0.1) is 0 Å². The number of ketones is 1. The summed E-state index contributed by atoms with van der Waals surface area (Å²) in [6.07, 6.45) is 0.363. The Morgan fingerprint density at radius 2 is 1.44 bits per heavy atom. The van der Waals surface area contributed by atoms with Crippen molar-refractivity contribution in [1.29, 1.82) is 0 Å². The van der Waals surface area contributed by atoms with Crippen LogP contribution in [0.2, 0.25) is 0 Å². The summed E-state index contributed by atoms with van der Waals surface area (Å²) in [6.45, 7) is 0.698. The Morgan fingerprint density at radius 1 is 0.840 bits per heavy atom. The summed E-state index contributed by atoms with van der Waals surface area (Å²) >= 11 is 0. The highest BCUT2D eigenvalue weighted by atomic mass is 16.3. The van der Waals surface area contributed by atoms with Crippen molar-refractivity contribution in [2.75, 3.05) is 0 Å². The van der Waals surface area contributed by atoms with Crippen LogP contribution in [0.3, 0.4) is 0 Å². The minimum Gasteiger partial charge on any atom is -0.508 e. The van der Waals surface area contributed by atoms with Gasteiger partial charge in [-0.15, -0.1) is 0 Å². The Kier molecular flexibility index (Phi) is 5.60. The molecular formula is C22H21NO2. The molecule has 25 heavy (non-hydrogen) atoms. The summed E-state index contributed by atoms with van der Waals surface area (Å²) in [5, 5.41) is 12.9. The molecule has 0 radical (unpaired) electrons. The fourth-order valence-corrected chi connectivity index (χ4v) is 2.78. The van der Waals surface area contributed by atoms with Crippen LogP contribution < -0.4 is 5.32 Å². The van der Waals surface area contributed by atoms with Crippen molar-refractivity contribution < 1.29 is 9.90 Å². The summed E-state index contributed by atoms with van der Waals surface area (Å²) < 4.78 is 0. The molecule has 0 saturated heterocycles. The van der Waals surface area contributed by atoms with E-state index in [0.29, 0.717) is 18.5 Å². The van der Waals surface area contributed by atoms with Crippen LogP contribution in [-0.4, -0.2) is 10.9 Å². The molecule has 3 aromatic rings. The number of nitrogens with one attached hydrogen (secondary N) is 1. The largest absolute Gasteiger partial charge is 0.508 e. The van der Waals surface area contributed by atoms with Gasteiger partial charge < -0.3 is 10.4 Å². The van der Waals surface area contributed by atoms with Crippen LogP contribution in [0.5, 0.6) is 5.75 Å². The van der Waals surface area contributed by atoms with E-state index in [9.17, 15) is 9.90 Å². The van der Waals surface area contributed by atoms with Gasteiger partial charge in [-0.25, -0.2) is 0 Å². The van der Waals surface area contributed by atoms with Crippen LogP contribution in [0.15, 0.2) is 84.9 Å². The van der Waals surface area contributed by atoms with Crippen molar-refractivity contribution >= 4 is 5.78 Å². The number of rotatable bonds is 7. The van der Waals surface area contributed by atoms with Gasteiger partial charge in [0, 0.05) is 24.6 Å². The van der Waals surface area contributed by atoms with Gasteiger partial charge in [-0.2, -0.15) is 0 Å². The van der Waals surface area contributed by atoms with E-state index in [1.807, 2.05) is 48.5 Å². The van der Waals surface area contributed by atoms with E-state index < -0.39 is 0 Å². The van der Waals surface area contributed by atoms with E-state index in [0.717, 1.165) is 5.56 Å². The van der Waals surface area contributed by atoms with Gasteiger partial charge in [-0.05, 0) is 35.4 Å². The third kappa shape index (κ3) is 4.78. The first-order valence-electron chi connectivity index (χ1n) is 8.37. The Balaban J connectivity index is 1.74. The Labute approximate surface area is 148 Å². The Bertz CT molecular complexity index is 798. The minimum atomic E-state index is -0.0669. The van der Waals surface area contributed by atoms with Crippen molar-refractivity contribution in [3.63, 3.8) is 0 Å². The molecule has 0 aliphatic rings. The highest BCUT2D eigenvalue weighted by Crippen LogP contribution is 2.21. The third-order valence-electron chi connectivity index (χ3n) is 4.18. The number of phenols is 1. The molecule has 1 unspecified atom stereocenters. The lowest BCUT2D eigenvalue weighted by Crippen LogP contribution is -2.23. The molecule has 0 aromatic heterocycles. The monoisotopic (exact) mass is 331 g/mol. The zero-order valence-corrected chi connectivity index (χ0v) is 13.9. The van der Waals surface area contributed by atoms with Crippen LogP contribution in [0.4, 0.5) is 0 Å². The quantitative estimate of drug-likeness (QED) is 0.627. The predicted octanol–water partition coefficient (Wildman–Crippen LogP) is 4.50. The third-order valence-corrected chi connectivity index (χ3v) is 4.18. The molecule has 0 spiro atoms. The number of benzene rings is 3. The van der Waals surface area contributed by atoms with E-state index >= 15 is 0 Å². The van der Waals surface area contributed by atoms with Crippen molar-refractivity contribution in [1.82, 2.24) is 5.32 Å². The molecule has 3 heteroatoms. The zero-order valence-electron chi connectivity index (χ0n) is 13.9. The van der Waals surface area contributed by atoms with Gasteiger partial charge in [0.15, 0.2) is 5.78 Å². The van der Waals surface area contributed by atoms with Crippen molar-refractivity contribution in [3.8, 4) is 5.75 Å². The van der Waals surface area contributed by atoms with E-state index in [2.05, 4.69) is 17.4 Å². The minimum absolute atomic E-state index is 0.0504. The molecule has 126 valence electrons. The maximum Gasteiger partial charge on any atom is 0.164 e. The van der Waals surface area contributed by atoms with Gasteiger partial charge in [-0.3, -0.25) is 4.79 Å². The molecular weight excluding hydrogens is 310 g/mol. The molecule has 3 nitrogen and oxygen atoms in total. The molecule has 0 heterocycles. The number of carbonyl (C=O) groups is 1. The van der Waals surface area contributed by atoms with Gasteiger partial charge >= 0.3 is 0 Å². The van der Waals surface area contributed by atoms with Gasteiger partial charge in [0.25, 0.3) is 0 Å². The van der Waals surface area contributed by atoms with Gasteiger partial charge in [0.05, 0.1) is 0 Å². The second-order valence-corrected chi connectivity index (χ2v) is 6.00. The van der Waals surface area contributed by atoms with Crippen LogP contribution in [-0.2, 0) is 6.54 Å². The second-order valence-electron chi connectivity index (χ2n) is 6.00. The SMILES string of the molecule is O=C(CC(NCc1ccccc1)c1ccccc1)c1ccc(O)cc1. The topological polar surface area (TPSA) is 49.3 Å². The van der Waals surface area contributed by atoms with E-state index in [4.69, 9.17) is 0 Å². The normalized spacial score (nSPS) is 11.8. The lowest BCUT2D eigenvalue weighted by Gasteiger charge is -2.19. The van der Waals surface area contributed by atoms with Crippen LogP contribution >= 0.6 is 0 Å². The fraction of sp³-hybridized carbons (Fsp3) is 0.136. The maximum atomic E-state index is 12.6. The van der Waals surface area contributed by atoms with Crippen molar-refractivity contribution in [2.45, 2.75) is 19.0 Å². The number of aromatic hydroxyl groups is 1. The first kappa shape index (κ1) is 16.9. The predicted molar refractivity (Wildman–Crippen MR) is 99.5 cm³/mol. The molecule has 0 aliphatic heterocycles. The van der Waals surface area contributed by atoms with Gasteiger partial charge in [0.1, 0.15) is 5.75 Å². The standard InChI is InChI=1S/C22H21NO2/c24-20-13-11-19(12-14-20)22(25)15-21(18-9-5-2-6-10-18)23-16-17-7-3-1-4-8-17/h1-14,21,23-24H,15-16H2. The molecule has 0 fully saturated rings.